The van der Waals surface area contributed by atoms with Gasteiger partial charge in [0.05, 0.1) is 36.8 Å². The van der Waals surface area contributed by atoms with Crippen LogP contribution in [0.15, 0.2) is 66.7 Å². The zero-order chi connectivity index (χ0) is 24.9. The number of thiazole rings is 1. The fraction of sp³-hybridized carbons (Fsp3) is 0.120. The summed E-state index contributed by atoms with van der Waals surface area (Å²) in [5.74, 6) is 0.681. The van der Waals surface area contributed by atoms with Gasteiger partial charge in [0.1, 0.15) is 0 Å². The molecule has 35 heavy (non-hydrogen) atoms. The Hall–Kier alpha value is -4.44. The molecule has 0 atom stereocenters. The lowest BCUT2D eigenvalue weighted by Gasteiger charge is -2.13. The van der Waals surface area contributed by atoms with Gasteiger partial charge in [-0.25, -0.2) is 4.98 Å². The Morgan fingerprint density at radius 1 is 0.914 bits per heavy atom. The topological polar surface area (TPSA) is 113 Å². The molecular formula is C25H21N3O6S. The molecule has 1 amide bonds. The average molecular weight is 492 g/mol. The molecule has 1 N–H and O–H groups in total. The maximum atomic E-state index is 13.1. The SMILES string of the molecule is COc1cc(C(=O)Nc2nc(-c3ccccc3)c(-c3ccc([N+](=O)[O-])cc3)s2)cc(OC)c1OC. The second-order valence-corrected chi connectivity index (χ2v) is 8.23. The van der Waals surface area contributed by atoms with Gasteiger partial charge < -0.3 is 14.2 Å². The van der Waals surface area contributed by atoms with E-state index in [9.17, 15) is 14.9 Å². The minimum Gasteiger partial charge on any atom is -0.493 e. The maximum Gasteiger partial charge on any atom is 0.269 e. The van der Waals surface area contributed by atoms with Crippen LogP contribution >= 0.6 is 11.3 Å². The molecule has 0 fully saturated rings. The number of nitrogens with one attached hydrogen (secondary N) is 1. The lowest BCUT2D eigenvalue weighted by atomic mass is 10.1. The van der Waals surface area contributed by atoms with Crippen LogP contribution in [0.2, 0.25) is 0 Å². The number of carbonyl (C=O) groups excluding carboxylic acids is 1. The normalized spacial score (nSPS) is 10.5. The summed E-state index contributed by atoms with van der Waals surface area (Å²) in [6.07, 6.45) is 0. The predicted molar refractivity (Wildman–Crippen MR) is 134 cm³/mol. The van der Waals surface area contributed by atoms with Gasteiger partial charge in [0.25, 0.3) is 11.6 Å². The highest BCUT2D eigenvalue weighted by atomic mass is 32.1. The molecule has 4 rings (SSSR count). The fourth-order valence-electron chi connectivity index (χ4n) is 3.48. The maximum absolute atomic E-state index is 13.1. The zero-order valence-corrected chi connectivity index (χ0v) is 19.9. The minimum absolute atomic E-state index is 0.00421. The third kappa shape index (κ3) is 4.92. The molecule has 0 aliphatic heterocycles. The molecular weight excluding hydrogens is 470 g/mol. The summed E-state index contributed by atoms with van der Waals surface area (Å²) >= 11 is 1.27. The molecule has 0 spiro atoms. The molecule has 1 heterocycles. The largest absolute Gasteiger partial charge is 0.493 e. The zero-order valence-electron chi connectivity index (χ0n) is 19.1. The van der Waals surface area contributed by atoms with Crippen molar-refractivity contribution in [2.24, 2.45) is 0 Å². The summed E-state index contributed by atoms with van der Waals surface area (Å²) in [4.78, 5) is 29.1. The molecule has 0 unspecified atom stereocenters. The summed E-state index contributed by atoms with van der Waals surface area (Å²) in [5, 5.41) is 14.3. The highest BCUT2D eigenvalue weighted by Gasteiger charge is 2.20. The first-order chi connectivity index (χ1) is 16.9. The molecule has 0 bridgehead atoms. The van der Waals surface area contributed by atoms with E-state index >= 15 is 0 Å². The summed E-state index contributed by atoms with van der Waals surface area (Å²) in [6, 6.07) is 18.8. The first-order valence-corrected chi connectivity index (χ1v) is 11.2. The smallest absolute Gasteiger partial charge is 0.269 e. The quantitative estimate of drug-likeness (QED) is 0.250. The van der Waals surface area contributed by atoms with E-state index in [-0.39, 0.29) is 5.69 Å². The van der Waals surface area contributed by atoms with E-state index in [1.165, 1.54) is 44.8 Å². The number of carbonyl (C=O) groups is 1. The van der Waals surface area contributed by atoms with Crippen LogP contribution in [-0.4, -0.2) is 37.1 Å². The number of hydrogen-bond acceptors (Lipinski definition) is 8. The van der Waals surface area contributed by atoms with Crippen molar-refractivity contribution in [2.45, 2.75) is 0 Å². The molecule has 10 heteroatoms. The van der Waals surface area contributed by atoms with E-state index in [0.717, 1.165) is 16.0 Å². The summed E-state index contributed by atoms with van der Waals surface area (Å²) in [7, 11) is 4.44. The number of rotatable bonds is 8. The first kappa shape index (κ1) is 23.7. The van der Waals surface area contributed by atoms with Crippen LogP contribution in [0.1, 0.15) is 10.4 Å². The van der Waals surface area contributed by atoms with Gasteiger partial charge in [-0.15, -0.1) is 0 Å². The Labute approximate surface area is 205 Å². The Balaban J connectivity index is 1.72. The molecule has 9 nitrogen and oxygen atoms in total. The van der Waals surface area contributed by atoms with Gasteiger partial charge in [-0.3, -0.25) is 20.2 Å². The number of non-ortho nitro benzene ring substituents is 1. The Morgan fingerprint density at radius 2 is 1.54 bits per heavy atom. The van der Waals surface area contributed by atoms with Crippen molar-refractivity contribution in [1.29, 1.82) is 0 Å². The summed E-state index contributed by atoms with van der Waals surface area (Å²) in [5.41, 5.74) is 2.55. The monoisotopic (exact) mass is 491 g/mol. The van der Waals surface area contributed by atoms with Crippen LogP contribution in [0.3, 0.4) is 0 Å². The molecule has 0 saturated carbocycles. The van der Waals surface area contributed by atoms with Crippen molar-refractivity contribution in [1.82, 2.24) is 4.98 Å². The standard InChI is InChI=1S/C25H21N3O6S/c1-32-19-13-17(14-20(33-2)22(19)34-3)24(29)27-25-26-21(15-7-5-4-6-8-15)23(35-25)16-9-11-18(12-10-16)28(30)31/h4-14H,1-3H3,(H,26,27,29). The Morgan fingerprint density at radius 3 is 2.09 bits per heavy atom. The molecule has 0 radical (unpaired) electrons. The summed E-state index contributed by atoms with van der Waals surface area (Å²) < 4.78 is 16.0. The molecule has 4 aromatic rings. The van der Waals surface area contributed by atoms with Crippen LogP contribution in [0, 0.1) is 10.1 Å². The second-order valence-electron chi connectivity index (χ2n) is 7.23. The van der Waals surface area contributed by atoms with E-state index in [1.54, 1.807) is 24.3 Å². The van der Waals surface area contributed by atoms with Crippen molar-refractivity contribution in [3.05, 3.63) is 82.4 Å². The van der Waals surface area contributed by atoms with Crippen LogP contribution in [-0.2, 0) is 0 Å². The van der Waals surface area contributed by atoms with E-state index in [2.05, 4.69) is 10.3 Å². The number of anilines is 1. The van der Waals surface area contributed by atoms with Crippen molar-refractivity contribution in [2.75, 3.05) is 26.6 Å². The van der Waals surface area contributed by atoms with Crippen molar-refractivity contribution >= 4 is 28.1 Å². The Kier molecular flexibility index (Phi) is 6.93. The van der Waals surface area contributed by atoms with Crippen molar-refractivity contribution < 1.29 is 23.9 Å². The van der Waals surface area contributed by atoms with Gasteiger partial charge in [0.2, 0.25) is 5.75 Å². The molecule has 1 aromatic heterocycles. The number of nitrogens with zero attached hydrogens (tertiary/aromatic N) is 2. The number of ether oxygens (including phenoxy) is 3. The van der Waals surface area contributed by atoms with Gasteiger partial charge in [0, 0.05) is 23.3 Å². The lowest BCUT2D eigenvalue weighted by Crippen LogP contribution is -2.12. The predicted octanol–water partition coefficient (Wildman–Crippen LogP) is 5.66. The van der Waals surface area contributed by atoms with Gasteiger partial charge in [-0.2, -0.15) is 0 Å². The number of hydrogen-bond donors (Lipinski definition) is 1. The number of benzene rings is 3. The van der Waals surface area contributed by atoms with E-state index in [4.69, 9.17) is 14.2 Å². The van der Waals surface area contributed by atoms with Gasteiger partial charge in [-0.05, 0) is 29.8 Å². The molecule has 0 aliphatic rings. The number of aromatic nitrogens is 1. The number of amides is 1. The summed E-state index contributed by atoms with van der Waals surface area (Å²) in [6.45, 7) is 0. The fourth-order valence-corrected chi connectivity index (χ4v) is 4.47. The van der Waals surface area contributed by atoms with E-state index < -0.39 is 10.8 Å². The first-order valence-electron chi connectivity index (χ1n) is 10.4. The third-order valence-electron chi connectivity index (χ3n) is 5.16. The van der Waals surface area contributed by atoms with Crippen molar-refractivity contribution in [3.8, 4) is 38.9 Å². The van der Waals surface area contributed by atoms with Crippen molar-refractivity contribution in [3.63, 3.8) is 0 Å². The molecule has 0 aliphatic carbocycles. The number of nitro groups is 1. The molecule has 3 aromatic carbocycles. The van der Waals surface area contributed by atoms with Crippen LogP contribution < -0.4 is 19.5 Å². The average Bonchev–Trinajstić information content (AvgIpc) is 3.31. The van der Waals surface area contributed by atoms with Crippen LogP contribution in [0.4, 0.5) is 10.8 Å². The highest BCUT2D eigenvalue weighted by Crippen LogP contribution is 2.41. The van der Waals surface area contributed by atoms with Gasteiger partial charge in [0.15, 0.2) is 16.6 Å². The van der Waals surface area contributed by atoms with E-state index in [1.807, 2.05) is 30.3 Å². The third-order valence-corrected chi connectivity index (χ3v) is 6.18. The second kappa shape index (κ2) is 10.2. The van der Waals surface area contributed by atoms with Gasteiger partial charge >= 0.3 is 0 Å². The Bertz CT molecular complexity index is 1340. The van der Waals surface area contributed by atoms with Gasteiger partial charge in [-0.1, -0.05) is 41.7 Å². The highest BCUT2D eigenvalue weighted by molar-refractivity contribution is 7.19. The van der Waals surface area contributed by atoms with E-state index in [0.29, 0.717) is 33.6 Å². The van der Waals surface area contributed by atoms with Crippen LogP contribution in [0.25, 0.3) is 21.7 Å². The number of methoxy groups -OCH3 is 3. The van der Waals surface area contributed by atoms with Crippen LogP contribution in [0.5, 0.6) is 17.2 Å². The molecule has 178 valence electrons. The lowest BCUT2D eigenvalue weighted by molar-refractivity contribution is -0.384. The number of nitro benzene ring substituents is 1. The minimum atomic E-state index is -0.447. The molecule has 0 saturated heterocycles.